The summed E-state index contributed by atoms with van der Waals surface area (Å²) >= 11 is 0. The molecule has 0 rings (SSSR count). The van der Waals surface area contributed by atoms with Crippen molar-refractivity contribution in [1.29, 1.82) is 0 Å². The monoisotopic (exact) mass is 202 g/mol. The molecule has 0 fully saturated rings. The molecule has 0 saturated heterocycles. The van der Waals surface area contributed by atoms with E-state index in [0.717, 1.165) is 0 Å². The van der Waals surface area contributed by atoms with E-state index in [1.54, 1.807) is 0 Å². The third kappa shape index (κ3) is 5.53. The molecule has 0 aromatic rings. The number of rotatable bonds is 6. The second-order valence-corrected chi connectivity index (χ2v) is 3.59. The fourth-order valence-electron chi connectivity index (χ4n) is 1.08. The van der Waals surface area contributed by atoms with E-state index >= 15 is 0 Å². The minimum absolute atomic E-state index is 0.0537. The van der Waals surface area contributed by atoms with Crippen LogP contribution in [0.5, 0.6) is 0 Å². The zero-order valence-electron chi connectivity index (χ0n) is 8.87. The molecular formula is C9H18N2O3. The fraction of sp³-hybridized carbons (Fsp3) is 0.778. The number of hydrogen-bond acceptors (Lipinski definition) is 3. The molecule has 3 N–H and O–H groups in total. The van der Waals surface area contributed by atoms with E-state index in [1.807, 2.05) is 13.8 Å². The predicted octanol–water partition coefficient (Wildman–Crippen LogP) is -0.351. The van der Waals surface area contributed by atoms with Gasteiger partial charge in [0.2, 0.25) is 11.8 Å². The highest BCUT2D eigenvalue weighted by atomic mass is 16.5. The van der Waals surface area contributed by atoms with Crippen LogP contribution in [0.2, 0.25) is 0 Å². The van der Waals surface area contributed by atoms with Gasteiger partial charge in [0.05, 0.1) is 0 Å². The van der Waals surface area contributed by atoms with Gasteiger partial charge in [-0.25, -0.2) is 0 Å². The summed E-state index contributed by atoms with van der Waals surface area (Å²) in [6, 6.07) is -0.599. The number of amides is 2. The van der Waals surface area contributed by atoms with Crippen LogP contribution in [-0.4, -0.2) is 31.6 Å². The van der Waals surface area contributed by atoms with Crippen LogP contribution in [0.25, 0.3) is 0 Å². The van der Waals surface area contributed by atoms with Crippen LogP contribution in [0.4, 0.5) is 0 Å². The van der Waals surface area contributed by atoms with Gasteiger partial charge in [0, 0.05) is 7.11 Å². The van der Waals surface area contributed by atoms with Crippen molar-refractivity contribution in [2.45, 2.75) is 26.3 Å². The van der Waals surface area contributed by atoms with Crippen molar-refractivity contribution in [3.8, 4) is 0 Å². The van der Waals surface area contributed by atoms with Crippen molar-refractivity contribution in [3.05, 3.63) is 0 Å². The summed E-state index contributed by atoms with van der Waals surface area (Å²) in [6.07, 6.45) is 0.546. The Bertz CT molecular complexity index is 204. The standard InChI is InChI=1S/C9H18N2O3/c1-6(2)4-7(9(10)13)11-8(12)5-14-3/h6-7H,4-5H2,1-3H3,(H2,10,13)(H,11,12)/t7-/m0/s1. The number of primary amides is 1. The molecule has 1 atom stereocenters. The van der Waals surface area contributed by atoms with Gasteiger partial charge in [-0.15, -0.1) is 0 Å². The molecule has 14 heavy (non-hydrogen) atoms. The molecule has 0 bridgehead atoms. The third-order valence-corrected chi connectivity index (χ3v) is 1.66. The normalized spacial score (nSPS) is 12.6. The zero-order valence-corrected chi connectivity index (χ0v) is 8.87. The first-order valence-corrected chi connectivity index (χ1v) is 4.55. The molecule has 0 heterocycles. The van der Waals surface area contributed by atoms with E-state index < -0.39 is 11.9 Å². The van der Waals surface area contributed by atoms with Crippen LogP contribution in [-0.2, 0) is 14.3 Å². The lowest BCUT2D eigenvalue weighted by molar-refractivity contribution is -0.130. The van der Waals surface area contributed by atoms with Gasteiger partial charge in [-0.3, -0.25) is 9.59 Å². The minimum atomic E-state index is -0.599. The highest BCUT2D eigenvalue weighted by molar-refractivity contribution is 5.86. The molecule has 0 aromatic heterocycles. The average molecular weight is 202 g/mol. The van der Waals surface area contributed by atoms with E-state index in [-0.39, 0.29) is 12.5 Å². The number of carbonyl (C=O) groups is 2. The molecule has 0 saturated carbocycles. The quantitative estimate of drug-likeness (QED) is 0.617. The summed E-state index contributed by atoms with van der Waals surface area (Å²) < 4.78 is 4.63. The van der Waals surface area contributed by atoms with Gasteiger partial charge in [0.1, 0.15) is 12.6 Å². The Balaban J connectivity index is 4.09. The van der Waals surface area contributed by atoms with E-state index in [9.17, 15) is 9.59 Å². The van der Waals surface area contributed by atoms with Crippen LogP contribution in [0.1, 0.15) is 20.3 Å². The molecule has 0 aliphatic heterocycles. The Hall–Kier alpha value is -1.10. The smallest absolute Gasteiger partial charge is 0.246 e. The predicted molar refractivity (Wildman–Crippen MR) is 52.5 cm³/mol. The van der Waals surface area contributed by atoms with Crippen molar-refractivity contribution in [1.82, 2.24) is 5.32 Å². The fourth-order valence-corrected chi connectivity index (χ4v) is 1.08. The van der Waals surface area contributed by atoms with Crippen LogP contribution in [0.15, 0.2) is 0 Å². The lowest BCUT2D eigenvalue weighted by atomic mass is 10.0. The number of nitrogens with two attached hydrogens (primary N) is 1. The maximum atomic E-state index is 11.1. The molecule has 2 amide bonds. The van der Waals surface area contributed by atoms with E-state index in [2.05, 4.69) is 10.1 Å². The Kier molecular flexibility index (Phi) is 5.87. The van der Waals surface area contributed by atoms with E-state index in [4.69, 9.17) is 5.73 Å². The van der Waals surface area contributed by atoms with E-state index in [0.29, 0.717) is 12.3 Å². The van der Waals surface area contributed by atoms with Gasteiger partial charge in [-0.2, -0.15) is 0 Å². The average Bonchev–Trinajstić information content (AvgIpc) is 2.02. The third-order valence-electron chi connectivity index (χ3n) is 1.66. The van der Waals surface area contributed by atoms with Gasteiger partial charge in [-0.1, -0.05) is 13.8 Å². The zero-order chi connectivity index (χ0) is 11.1. The van der Waals surface area contributed by atoms with Gasteiger partial charge >= 0.3 is 0 Å². The Morgan fingerprint density at radius 2 is 2.00 bits per heavy atom. The molecule has 5 heteroatoms. The molecule has 0 spiro atoms. The first-order valence-electron chi connectivity index (χ1n) is 4.55. The number of nitrogens with one attached hydrogen (secondary N) is 1. The van der Waals surface area contributed by atoms with Gasteiger partial charge in [0.15, 0.2) is 0 Å². The number of carbonyl (C=O) groups excluding carboxylic acids is 2. The lowest BCUT2D eigenvalue weighted by Crippen LogP contribution is -2.46. The largest absolute Gasteiger partial charge is 0.375 e. The lowest BCUT2D eigenvalue weighted by Gasteiger charge is -2.16. The minimum Gasteiger partial charge on any atom is -0.375 e. The SMILES string of the molecule is COCC(=O)N[C@@H](CC(C)C)C(N)=O. The molecule has 0 aliphatic carbocycles. The summed E-state index contributed by atoms with van der Waals surface area (Å²) in [7, 11) is 1.42. The number of ether oxygens (including phenoxy) is 1. The second-order valence-electron chi connectivity index (χ2n) is 3.59. The molecule has 0 radical (unpaired) electrons. The first-order chi connectivity index (χ1) is 6.47. The van der Waals surface area contributed by atoms with Crippen molar-refractivity contribution < 1.29 is 14.3 Å². The summed E-state index contributed by atoms with van der Waals surface area (Å²) in [6.45, 7) is 3.86. The van der Waals surface area contributed by atoms with Crippen molar-refractivity contribution >= 4 is 11.8 Å². The Morgan fingerprint density at radius 1 is 1.43 bits per heavy atom. The summed E-state index contributed by atoms with van der Waals surface area (Å²) in [5.41, 5.74) is 5.13. The summed E-state index contributed by atoms with van der Waals surface area (Å²) in [5.74, 6) is -0.532. The van der Waals surface area contributed by atoms with Gasteiger partial charge < -0.3 is 15.8 Å². The van der Waals surface area contributed by atoms with Crippen LogP contribution >= 0.6 is 0 Å². The maximum Gasteiger partial charge on any atom is 0.246 e. The van der Waals surface area contributed by atoms with Crippen molar-refractivity contribution in [3.63, 3.8) is 0 Å². The summed E-state index contributed by atoms with van der Waals surface area (Å²) in [5, 5.41) is 2.51. The molecule has 0 aliphatic rings. The molecule has 5 nitrogen and oxygen atoms in total. The van der Waals surface area contributed by atoms with Gasteiger partial charge in [0.25, 0.3) is 0 Å². The molecule has 0 unspecified atom stereocenters. The van der Waals surface area contributed by atoms with Crippen molar-refractivity contribution in [2.75, 3.05) is 13.7 Å². The Morgan fingerprint density at radius 3 is 2.36 bits per heavy atom. The molecule has 0 aromatic carbocycles. The highest BCUT2D eigenvalue weighted by Gasteiger charge is 2.18. The van der Waals surface area contributed by atoms with Crippen LogP contribution in [0.3, 0.4) is 0 Å². The van der Waals surface area contributed by atoms with Gasteiger partial charge in [-0.05, 0) is 12.3 Å². The molecule has 82 valence electrons. The highest BCUT2D eigenvalue weighted by Crippen LogP contribution is 2.03. The number of methoxy groups -OCH3 is 1. The first kappa shape index (κ1) is 12.9. The topological polar surface area (TPSA) is 81.4 Å². The van der Waals surface area contributed by atoms with E-state index in [1.165, 1.54) is 7.11 Å². The van der Waals surface area contributed by atoms with Crippen LogP contribution < -0.4 is 11.1 Å². The van der Waals surface area contributed by atoms with Crippen molar-refractivity contribution in [2.24, 2.45) is 11.7 Å². The molecular weight excluding hydrogens is 184 g/mol. The maximum absolute atomic E-state index is 11.1. The second kappa shape index (κ2) is 6.37. The number of hydrogen-bond donors (Lipinski definition) is 2. The Labute approximate surface area is 84.0 Å². The summed E-state index contributed by atoms with van der Waals surface area (Å²) in [4.78, 5) is 22.0. The van der Waals surface area contributed by atoms with Crippen LogP contribution in [0, 0.1) is 5.92 Å².